The smallest absolute Gasteiger partial charge is 0.407 e. The molecule has 4 nitrogen and oxygen atoms in total. The van der Waals surface area contributed by atoms with Crippen molar-refractivity contribution in [2.75, 3.05) is 0 Å². The molecule has 0 aliphatic rings. The first kappa shape index (κ1) is 13.0. The Bertz CT molecular complexity index is 355. The molecule has 0 fully saturated rings. The minimum Gasteiger partial charge on any atom is -0.444 e. The molecule has 5 heteroatoms. The number of thiazole rings is 1. The number of hydrogen-bond acceptors (Lipinski definition) is 4. The standard InChI is InChI=1S/C11H18N2O2S/c1-5-9-13-8(7-16-9)6-12-10(14)15-11(2,3)4/h7H,5-6H2,1-4H3,(H,12,14). The number of carbonyl (C=O) groups is 1. The van der Waals surface area contributed by atoms with E-state index in [-0.39, 0.29) is 0 Å². The Balaban J connectivity index is 2.37. The first-order chi connectivity index (χ1) is 7.40. The second-order valence-corrected chi connectivity index (χ2v) is 5.38. The molecule has 0 saturated carbocycles. The van der Waals surface area contributed by atoms with Gasteiger partial charge < -0.3 is 10.1 Å². The fraction of sp³-hybridized carbons (Fsp3) is 0.636. The molecule has 0 aromatic carbocycles. The van der Waals surface area contributed by atoms with Crippen molar-refractivity contribution in [3.05, 3.63) is 16.1 Å². The van der Waals surface area contributed by atoms with Gasteiger partial charge in [-0.1, -0.05) is 6.92 Å². The largest absolute Gasteiger partial charge is 0.444 e. The highest BCUT2D eigenvalue weighted by Crippen LogP contribution is 2.10. The molecule has 0 aliphatic carbocycles. The number of amides is 1. The van der Waals surface area contributed by atoms with Gasteiger partial charge in [0.1, 0.15) is 5.60 Å². The van der Waals surface area contributed by atoms with E-state index < -0.39 is 11.7 Å². The second kappa shape index (κ2) is 5.30. The van der Waals surface area contributed by atoms with Crippen molar-refractivity contribution in [3.8, 4) is 0 Å². The highest BCUT2D eigenvalue weighted by atomic mass is 32.1. The van der Waals surface area contributed by atoms with E-state index in [0.717, 1.165) is 17.1 Å². The summed E-state index contributed by atoms with van der Waals surface area (Å²) in [6, 6.07) is 0. The number of aromatic nitrogens is 1. The summed E-state index contributed by atoms with van der Waals surface area (Å²) < 4.78 is 5.12. The third kappa shape index (κ3) is 4.61. The summed E-state index contributed by atoms with van der Waals surface area (Å²) in [5.41, 5.74) is 0.425. The van der Waals surface area contributed by atoms with Gasteiger partial charge >= 0.3 is 6.09 Å². The Kier molecular flexibility index (Phi) is 4.29. The first-order valence-electron chi connectivity index (χ1n) is 5.31. The number of alkyl carbamates (subject to hydrolysis) is 1. The van der Waals surface area contributed by atoms with Crippen LogP contribution < -0.4 is 5.32 Å². The quantitative estimate of drug-likeness (QED) is 0.886. The third-order valence-corrected chi connectivity index (χ3v) is 2.76. The number of ether oxygens (including phenoxy) is 1. The summed E-state index contributed by atoms with van der Waals surface area (Å²) in [5, 5.41) is 5.71. The lowest BCUT2D eigenvalue weighted by Gasteiger charge is -2.19. The lowest BCUT2D eigenvalue weighted by atomic mass is 10.2. The second-order valence-electron chi connectivity index (χ2n) is 4.44. The Hall–Kier alpha value is -1.10. The number of hydrogen-bond donors (Lipinski definition) is 1. The lowest BCUT2D eigenvalue weighted by Crippen LogP contribution is -2.32. The molecule has 1 rings (SSSR count). The highest BCUT2D eigenvalue weighted by molar-refractivity contribution is 7.09. The molecule has 0 aliphatic heterocycles. The molecule has 0 radical (unpaired) electrons. The van der Waals surface area contributed by atoms with E-state index in [1.807, 2.05) is 26.2 Å². The zero-order valence-corrected chi connectivity index (χ0v) is 11.0. The van der Waals surface area contributed by atoms with E-state index in [2.05, 4.69) is 17.2 Å². The van der Waals surface area contributed by atoms with Crippen molar-refractivity contribution in [3.63, 3.8) is 0 Å². The Morgan fingerprint density at radius 1 is 1.56 bits per heavy atom. The normalized spacial score (nSPS) is 11.2. The van der Waals surface area contributed by atoms with Gasteiger partial charge in [0.15, 0.2) is 0 Å². The molecule has 0 bridgehead atoms. The minimum absolute atomic E-state index is 0.404. The van der Waals surface area contributed by atoms with Gasteiger partial charge in [-0.05, 0) is 27.2 Å². The number of aryl methyl sites for hydroxylation is 1. The zero-order chi connectivity index (χ0) is 12.2. The SMILES string of the molecule is CCc1nc(CNC(=O)OC(C)(C)C)cs1. The molecule has 1 aromatic rings. The summed E-state index contributed by atoms with van der Waals surface area (Å²) in [7, 11) is 0. The van der Waals surface area contributed by atoms with Crippen LogP contribution in [0.1, 0.15) is 38.4 Å². The van der Waals surface area contributed by atoms with Crippen LogP contribution in [-0.2, 0) is 17.7 Å². The van der Waals surface area contributed by atoms with E-state index in [0.29, 0.717) is 6.54 Å². The Morgan fingerprint density at radius 3 is 2.75 bits per heavy atom. The maximum absolute atomic E-state index is 11.4. The number of nitrogens with zero attached hydrogens (tertiary/aromatic N) is 1. The molecule has 16 heavy (non-hydrogen) atoms. The fourth-order valence-corrected chi connectivity index (χ4v) is 1.81. The fourth-order valence-electron chi connectivity index (χ4n) is 1.07. The predicted molar refractivity (Wildman–Crippen MR) is 64.6 cm³/mol. The van der Waals surface area contributed by atoms with Gasteiger partial charge in [0, 0.05) is 5.38 Å². The van der Waals surface area contributed by atoms with Crippen molar-refractivity contribution >= 4 is 17.4 Å². The van der Waals surface area contributed by atoms with E-state index in [1.165, 1.54) is 0 Å². The van der Waals surface area contributed by atoms with Gasteiger partial charge in [-0.2, -0.15) is 0 Å². The molecule has 0 saturated heterocycles. The van der Waals surface area contributed by atoms with Crippen molar-refractivity contribution in [1.82, 2.24) is 10.3 Å². The van der Waals surface area contributed by atoms with Crippen LogP contribution in [0.15, 0.2) is 5.38 Å². The van der Waals surface area contributed by atoms with Gasteiger partial charge in [-0.3, -0.25) is 0 Å². The number of rotatable bonds is 3. The van der Waals surface area contributed by atoms with Crippen LogP contribution in [-0.4, -0.2) is 16.7 Å². The molecule has 1 heterocycles. The molecule has 0 atom stereocenters. The summed E-state index contributed by atoms with van der Waals surface area (Å²) in [4.78, 5) is 15.7. The highest BCUT2D eigenvalue weighted by Gasteiger charge is 2.15. The average molecular weight is 242 g/mol. The van der Waals surface area contributed by atoms with Gasteiger partial charge in [0.05, 0.1) is 17.2 Å². The molecule has 1 amide bonds. The molecule has 0 spiro atoms. The van der Waals surface area contributed by atoms with Crippen LogP contribution in [0.25, 0.3) is 0 Å². The minimum atomic E-state index is -0.458. The van der Waals surface area contributed by atoms with Crippen LogP contribution in [0.5, 0.6) is 0 Å². The molecule has 90 valence electrons. The Labute approximate surface area is 100 Å². The maximum atomic E-state index is 11.4. The van der Waals surface area contributed by atoms with E-state index in [9.17, 15) is 4.79 Å². The monoisotopic (exact) mass is 242 g/mol. The summed E-state index contributed by atoms with van der Waals surface area (Å²) in [6.07, 6.45) is 0.524. The summed E-state index contributed by atoms with van der Waals surface area (Å²) in [6.45, 7) is 8.00. The van der Waals surface area contributed by atoms with Crippen molar-refractivity contribution < 1.29 is 9.53 Å². The third-order valence-electron chi connectivity index (χ3n) is 1.71. The zero-order valence-electron chi connectivity index (χ0n) is 10.2. The summed E-state index contributed by atoms with van der Waals surface area (Å²) >= 11 is 1.61. The number of nitrogens with one attached hydrogen (secondary N) is 1. The van der Waals surface area contributed by atoms with E-state index in [1.54, 1.807) is 11.3 Å². The van der Waals surface area contributed by atoms with Crippen LogP contribution >= 0.6 is 11.3 Å². The molecular weight excluding hydrogens is 224 g/mol. The van der Waals surface area contributed by atoms with Crippen LogP contribution in [0.3, 0.4) is 0 Å². The van der Waals surface area contributed by atoms with Crippen molar-refractivity contribution in [2.45, 2.75) is 46.3 Å². The van der Waals surface area contributed by atoms with Crippen LogP contribution in [0, 0.1) is 0 Å². The predicted octanol–water partition coefficient (Wildman–Crippen LogP) is 2.73. The average Bonchev–Trinajstić information content (AvgIpc) is 2.59. The lowest BCUT2D eigenvalue weighted by molar-refractivity contribution is 0.0523. The van der Waals surface area contributed by atoms with E-state index in [4.69, 9.17) is 4.74 Å². The number of carbonyl (C=O) groups excluding carboxylic acids is 1. The van der Waals surface area contributed by atoms with E-state index >= 15 is 0 Å². The molecule has 0 unspecified atom stereocenters. The van der Waals surface area contributed by atoms with Gasteiger partial charge in [0.2, 0.25) is 0 Å². The Morgan fingerprint density at radius 2 is 2.25 bits per heavy atom. The van der Waals surface area contributed by atoms with Gasteiger partial charge in [0.25, 0.3) is 0 Å². The first-order valence-corrected chi connectivity index (χ1v) is 6.19. The molecule has 1 aromatic heterocycles. The van der Waals surface area contributed by atoms with Crippen LogP contribution in [0.4, 0.5) is 4.79 Å². The van der Waals surface area contributed by atoms with Gasteiger partial charge in [-0.15, -0.1) is 11.3 Å². The van der Waals surface area contributed by atoms with Crippen LogP contribution in [0.2, 0.25) is 0 Å². The maximum Gasteiger partial charge on any atom is 0.407 e. The topological polar surface area (TPSA) is 51.2 Å². The molecule has 1 N–H and O–H groups in total. The summed E-state index contributed by atoms with van der Waals surface area (Å²) in [5.74, 6) is 0. The van der Waals surface area contributed by atoms with Crippen molar-refractivity contribution in [2.24, 2.45) is 0 Å². The van der Waals surface area contributed by atoms with Gasteiger partial charge in [-0.25, -0.2) is 9.78 Å². The molecular formula is C11H18N2O2S. The van der Waals surface area contributed by atoms with Crippen molar-refractivity contribution in [1.29, 1.82) is 0 Å².